The highest BCUT2D eigenvalue weighted by Gasteiger charge is 2.11. The maximum atomic E-state index is 5.78. The van der Waals surface area contributed by atoms with Crippen LogP contribution in [0.15, 0.2) is 29.3 Å². The van der Waals surface area contributed by atoms with E-state index in [0.717, 1.165) is 22.6 Å². The lowest BCUT2D eigenvalue weighted by Crippen LogP contribution is -2.14. The molecule has 1 atom stereocenters. The van der Waals surface area contributed by atoms with E-state index in [4.69, 9.17) is 21.1 Å². The van der Waals surface area contributed by atoms with Crippen molar-refractivity contribution in [2.75, 3.05) is 20.8 Å². The van der Waals surface area contributed by atoms with Crippen molar-refractivity contribution in [2.24, 2.45) is 0 Å². The van der Waals surface area contributed by atoms with Crippen molar-refractivity contribution < 1.29 is 9.47 Å². The first-order valence-electron chi connectivity index (χ1n) is 5.86. The van der Waals surface area contributed by atoms with E-state index in [9.17, 15) is 0 Å². The minimum atomic E-state index is 0.214. The predicted molar refractivity (Wildman–Crippen MR) is 75.6 cm³/mol. The quantitative estimate of drug-likeness (QED) is 0.857. The van der Waals surface area contributed by atoms with Crippen LogP contribution in [0.3, 0.4) is 0 Å². The molecule has 0 aliphatic carbocycles. The lowest BCUT2D eigenvalue weighted by Gasteiger charge is -2.17. The fourth-order valence-electron chi connectivity index (χ4n) is 1.50. The highest BCUT2D eigenvalue weighted by Crippen LogP contribution is 2.29. The molecule has 0 fully saturated rings. The fraction of sp³-hybridized carbons (Fsp3) is 0.429. The molecule has 0 saturated heterocycles. The van der Waals surface area contributed by atoms with Crippen molar-refractivity contribution >= 4 is 11.6 Å². The minimum Gasteiger partial charge on any atom is -0.497 e. The number of hydrogen-bond donors (Lipinski definition) is 1. The van der Waals surface area contributed by atoms with Crippen LogP contribution < -0.4 is 14.8 Å². The van der Waals surface area contributed by atoms with Gasteiger partial charge in [0.2, 0.25) is 0 Å². The van der Waals surface area contributed by atoms with Gasteiger partial charge in [0.15, 0.2) is 0 Å². The van der Waals surface area contributed by atoms with Gasteiger partial charge in [0.25, 0.3) is 0 Å². The molecule has 3 nitrogen and oxygen atoms in total. The smallest absolute Gasteiger partial charge is 0.128 e. The first kappa shape index (κ1) is 14.9. The Morgan fingerprint density at radius 2 is 2.22 bits per heavy atom. The molecule has 1 aromatic rings. The largest absolute Gasteiger partial charge is 0.497 e. The van der Waals surface area contributed by atoms with Gasteiger partial charge in [-0.1, -0.05) is 17.7 Å². The fourth-order valence-corrected chi connectivity index (χ4v) is 1.57. The number of hydrogen-bond acceptors (Lipinski definition) is 3. The van der Waals surface area contributed by atoms with Gasteiger partial charge in [0.1, 0.15) is 18.1 Å². The summed E-state index contributed by atoms with van der Waals surface area (Å²) >= 11 is 5.63. The summed E-state index contributed by atoms with van der Waals surface area (Å²) in [6.07, 6.45) is 0. The molecule has 0 amide bonds. The molecule has 100 valence electrons. The molecule has 1 unspecified atom stereocenters. The molecule has 0 aliphatic rings. The Morgan fingerprint density at radius 3 is 2.78 bits per heavy atom. The van der Waals surface area contributed by atoms with Crippen LogP contribution in [0.5, 0.6) is 11.5 Å². The van der Waals surface area contributed by atoms with E-state index in [1.54, 1.807) is 7.11 Å². The second-order valence-electron chi connectivity index (χ2n) is 4.16. The third-order valence-corrected chi connectivity index (χ3v) is 3.13. The lowest BCUT2D eigenvalue weighted by atomic mass is 10.1. The molecule has 4 heteroatoms. The molecule has 0 aliphatic heterocycles. The van der Waals surface area contributed by atoms with E-state index >= 15 is 0 Å². The molecular formula is C14H20ClNO2. The summed E-state index contributed by atoms with van der Waals surface area (Å²) in [6, 6.07) is 6.05. The molecule has 0 heterocycles. The molecule has 1 rings (SSSR count). The van der Waals surface area contributed by atoms with E-state index in [1.807, 2.05) is 32.2 Å². The van der Waals surface area contributed by atoms with Crippen LogP contribution in [-0.2, 0) is 0 Å². The van der Waals surface area contributed by atoms with Gasteiger partial charge < -0.3 is 14.8 Å². The molecule has 1 N–H and O–H groups in total. The Balaban J connectivity index is 2.96. The van der Waals surface area contributed by atoms with Gasteiger partial charge in [-0.15, -0.1) is 0 Å². The number of nitrogens with one attached hydrogen (secondary N) is 1. The highest BCUT2D eigenvalue weighted by atomic mass is 35.5. The Morgan fingerprint density at radius 1 is 1.50 bits per heavy atom. The second kappa shape index (κ2) is 7.29. The maximum Gasteiger partial charge on any atom is 0.128 e. The van der Waals surface area contributed by atoms with Gasteiger partial charge in [0, 0.05) is 23.2 Å². The topological polar surface area (TPSA) is 30.5 Å². The van der Waals surface area contributed by atoms with Crippen LogP contribution in [0, 0.1) is 0 Å². The van der Waals surface area contributed by atoms with Gasteiger partial charge in [-0.3, -0.25) is 0 Å². The molecule has 0 spiro atoms. The highest BCUT2D eigenvalue weighted by molar-refractivity contribution is 6.25. The average molecular weight is 270 g/mol. The normalized spacial score (nSPS) is 13.3. The van der Waals surface area contributed by atoms with Crippen LogP contribution in [0.4, 0.5) is 0 Å². The van der Waals surface area contributed by atoms with E-state index < -0.39 is 0 Å². The second-order valence-corrected chi connectivity index (χ2v) is 4.38. The molecule has 0 saturated carbocycles. The van der Waals surface area contributed by atoms with Gasteiger partial charge in [-0.25, -0.2) is 0 Å². The number of methoxy groups -OCH3 is 1. The number of rotatable bonds is 6. The number of benzene rings is 1. The SMILES string of the molecule is CNC(C)c1ccc(OC)cc1OC/C(C)=C/Cl. The Hall–Kier alpha value is -1.19. The van der Waals surface area contributed by atoms with Crippen LogP contribution >= 0.6 is 11.6 Å². The Kier molecular flexibility index (Phi) is 6.02. The average Bonchev–Trinajstić information content (AvgIpc) is 2.43. The zero-order chi connectivity index (χ0) is 13.5. The lowest BCUT2D eigenvalue weighted by molar-refractivity contribution is 0.340. The van der Waals surface area contributed by atoms with Crippen LogP contribution in [0.25, 0.3) is 0 Å². The molecule has 18 heavy (non-hydrogen) atoms. The van der Waals surface area contributed by atoms with Crippen molar-refractivity contribution in [1.82, 2.24) is 5.32 Å². The van der Waals surface area contributed by atoms with Gasteiger partial charge >= 0.3 is 0 Å². The van der Waals surface area contributed by atoms with E-state index in [2.05, 4.69) is 12.2 Å². The molecular weight excluding hydrogens is 250 g/mol. The third kappa shape index (κ3) is 3.93. The number of ether oxygens (including phenoxy) is 2. The standard InChI is InChI=1S/C14H20ClNO2/c1-10(8-15)9-18-14-7-12(17-4)5-6-13(14)11(2)16-3/h5-8,11,16H,9H2,1-4H3/b10-8+. The first-order valence-corrected chi connectivity index (χ1v) is 6.29. The number of halogens is 1. The van der Waals surface area contributed by atoms with Crippen LogP contribution in [0.2, 0.25) is 0 Å². The summed E-state index contributed by atoms with van der Waals surface area (Å²) < 4.78 is 11.0. The molecule has 1 aromatic carbocycles. The van der Waals surface area contributed by atoms with Crippen molar-refractivity contribution in [3.05, 3.63) is 34.9 Å². The first-order chi connectivity index (χ1) is 8.62. The predicted octanol–water partition coefficient (Wildman–Crippen LogP) is 3.50. The van der Waals surface area contributed by atoms with Crippen LogP contribution in [0.1, 0.15) is 25.5 Å². The molecule has 0 aromatic heterocycles. The zero-order valence-corrected chi connectivity index (χ0v) is 12.0. The van der Waals surface area contributed by atoms with Crippen molar-refractivity contribution in [2.45, 2.75) is 19.9 Å². The summed E-state index contributed by atoms with van der Waals surface area (Å²) in [5.41, 5.74) is 3.60. The summed E-state index contributed by atoms with van der Waals surface area (Å²) in [7, 11) is 3.56. The summed E-state index contributed by atoms with van der Waals surface area (Å²) in [6.45, 7) is 4.48. The molecule has 0 radical (unpaired) electrons. The van der Waals surface area contributed by atoms with Crippen molar-refractivity contribution in [1.29, 1.82) is 0 Å². The zero-order valence-electron chi connectivity index (χ0n) is 11.3. The van der Waals surface area contributed by atoms with Gasteiger partial charge in [0.05, 0.1) is 7.11 Å². The summed E-state index contributed by atoms with van der Waals surface area (Å²) in [5, 5.41) is 3.20. The Labute approximate surface area is 114 Å². The van der Waals surface area contributed by atoms with E-state index in [1.165, 1.54) is 5.54 Å². The van der Waals surface area contributed by atoms with E-state index in [-0.39, 0.29) is 6.04 Å². The van der Waals surface area contributed by atoms with E-state index in [0.29, 0.717) is 6.61 Å². The molecule has 0 bridgehead atoms. The minimum absolute atomic E-state index is 0.214. The maximum absolute atomic E-state index is 5.78. The van der Waals surface area contributed by atoms with Crippen molar-refractivity contribution in [3.63, 3.8) is 0 Å². The third-order valence-electron chi connectivity index (χ3n) is 2.76. The van der Waals surface area contributed by atoms with Crippen LogP contribution in [-0.4, -0.2) is 20.8 Å². The van der Waals surface area contributed by atoms with Gasteiger partial charge in [-0.05, 0) is 32.5 Å². The monoisotopic (exact) mass is 269 g/mol. The van der Waals surface area contributed by atoms with Gasteiger partial charge in [-0.2, -0.15) is 0 Å². The summed E-state index contributed by atoms with van der Waals surface area (Å²) in [5.74, 6) is 1.60. The Bertz CT molecular complexity index is 418. The van der Waals surface area contributed by atoms with Crippen molar-refractivity contribution in [3.8, 4) is 11.5 Å². The summed E-state index contributed by atoms with van der Waals surface area (Å²) in [4.78, 5) is 0.